The van der Waals surface area contributed by atoms with Crippen LogP contribution in [0.15, 0.2) is 60.8 Å². The molecule has 3 rings (SSSR count). The van der Waals surface area contributed by atoms with Crippen LogP contribution in [0.25, 0.3) is 0 Å². The second-order valence-corrected chi connectivity index (χ2v) is 7.90. The fraction of sp³-hybridized carbons (Fsp3) is 0.308. The minimum Gasteiger partial charge on any atom is -0.392 e. The summed E-state index contributed by atoms with van der Waals surface area (Å²) in [6.45, 7) is 5.86. The maximum Gasteiger partial charge on any atom is 0.220 e. The summed E-state index contributed by atoms with van der Waals surface area (Å²) in [5.41, 5.74) is 7.43. The van der Waals surface area contributed by atoms with Gasteiger partial charge in [0, 0.05) is 32.3 Å². The zero-order valence-electron chi connectivity index (χ0n) is 18.3. The van der Waals surface area contributed by atoms with Crippen LogP contribution in [0.5, 0.6) is 0 Å². The van der Waals surface area contributed by atoms with Crippen molar-refractivity contribution in [2.75, 3.05) is 0 Å². The van der Waals surface area contributed by atoms with Crippen molar-refractivity contribution in [2.45, 2.75) is 52.9 Å². The van der Waals surface area contributed by atoms with E-state index in [1.54, 1.807) is 0 Å². The summed E-state index contributed by atoms with van der Waals surface area (Å²) in [7, 11) is 0. The predicted molar refractivity (Wildman–Crippen MR) is 123 cm³/mol. The third-order valence-electron chi connectivity index (χ3n) is 5.35. The Labute approximate surface area is 184 Å². The van der Waals surface area contributed by atoms with E-state index >= 15 is 0 Å². The fourth-order valence-corrected chi connectivity index (χ4v) is 3.54. The Kier molecular flexibility index (Phi) is 8.33. The van der Waals surface area contributed by atoms with Gasteiger partial charge in [-0.1, -0.05) is 54.6 Å². The molecule has 0 aliphatic rings. The van der Waals surface area contributed by atoms with Crippen molar-refractivity contribution in [3.63, 3.8) is 0 Å². The van der Waals surface area contributed by atoms with Gasteiger partial charge in [0.25, 0.3) is 0 Å². The first-order valence-electron chi connectivity index (χ1n) is 10.7. The minimum absolute atomic E-state index is 0.0288. The third kappa shape index (κ3) is 7.02. The van der Waals surface area contributed by atoms with Crippen molar-refractivity contribution in [3.05, 3.63) is 99.9 Å². The maximum atomic E-state index is 12.2. The molecule has 1 aromatic heterocycles. The van der Waals surface area contributed by atoms with Gasteiger partial charge < -0.3 is 15.7 Å². The summed E-state index contributed by atoms with van der Waals surface area (Å²) < 4.78 is 0. The van der Waals surface area contributed by atoms with Crippen molar-refractivity contribution in [1.29, 1.82) is 0 Å². The number of nitrogens with one attached hydrogen (secondary N) is 2. The van der Waals surface area contributed by atoms with Gasteiger partial charge in [0.05, 0.1) is 12.3 Å². The minimum atomic E-state index is -0.0331. The van der Waals surface area contributed by atoms with Crippen LogP contribution >= 0.6 is 0 Å². The molecule has 31 heavy (non-hydrogen) atoms. The van der Waals surface area contributed by atoms with Crippen molar-refractivity contribution in [1.82, 2.24) is 15.6 Å². The molecule has 0 spiro atoms. The van der Waals surface area contributed by atoms with Crippen LogP contribution < -0.4 is 10.6 Å². The highest BCUT2D eigenvalue weighted by Gasteiger charge is 2.07. The highest BCUT2D eigenvalue weighted by molar-refractivity contribution is 5.76. The molecule has 0 aliphatic heterocycles. The number of aliphatic hydroxyl groups is 1. The number of benzene rings is 2. The van der Waals surface area contributed by atoms with Gasteiger partial charge in [-0.25, -0.2) is 0 Å². The Morgan fingerprint density at radius 3 is 2.48 bits per heavy atom. The second kappa shape index (κ2) is 11.4. The molecule has 3 aromatic rings. The smallest absolute Gasteiger partial charge is 0.220 e. The maximum absolute atomic E-state index is 12.2. The van der Waals surface area contributed by atoms with Gasteiger partial charge in [0.1, 0.15) is 0 Å². The molecule has 0 unspecified atom stereocenters. The number of pyridine rings is 1. The fourth-order valence-electron chi connectivity index (χ4n) is 3.54. The average Bonchev–Trinajstić information content (AvgIpc) is 2.79. The topological polar surface area (TPSA) is 74.2 Å². The number of hydrogen-bond acceptors (Lipinski definition) is 4. The lowest BCUT2D eigenvalue weighted by molar-refractivity contribution is -0.121. The third-order valence-corrected chi connectivity index (χ3v) is 5.35. The van der Waals surface area contributed by atoms with Gasteiger partial charge in [0.2, 0.25) is 5.91 Å². The molecule has 0 saturated heterocycles. The van der Waals surface area contributed by atoms with E-state index < -0.39 is 0 Å². The van der Waals surface area contributed by atoms with E-state index in [1.807, 2.05) is 61.7 Å². The Hall–Kier alpha value is -3.02. The molecule has 0 aliphatic carbocycles. The first-order chi connectivity index (χ1) is 15.0. The van der Waals surface area contributed by atoms with Gasteiger partial charge in [-0.15, -0.1) is 0 Å². The molecule has 5 nitrogen and oxygen atoms in total. The molecule has 2 aromatic carbocycles. The Bertz CT molecular complexity index is 1000. The normalized spacial score (nSPS) is 10.8. The lowest BCUT2D eigenvalue weighted by Crippen LogP contribution is -2.23. The van der Waals surface area contributed by atoms with Crippen molar-refractivity contribution in [2.24, 2.45) is 0 Å². The van der Waals surface area contributed by atoms with Gasteiger partial charge >= 0.3 is 0 Å². The van der Waals surface area contributed by atoms with E-state index in [0.29, 0.717) is 26.1 Å². The summed E-state index contributed by atoms with van der Waals surface area (Å²) in [6, 6.07) is 18.1. The van der Waals surface area contributed by atoms with E-state index in [2.05, 4.69) is 28.6 Å². The highest BCUT2D eigenvalue weighted by Crippen LogP contribution is 2.14. The molecule has 0 bridgehead atoms. The molecule has 0 saturated carbocycles. The lowest BCUT2D eigenvalue weighted by Gasteiger charge is -2.13. The number of aromatic nitrogens is 1. The van der Waals surface area contributed by atoms with Gasteiger partial charge in [-0.3, -0.25) is 9.78 Å². The number of amides is 1. The van der Waals surface area contributed by atoms with Crippen LogP contribution in [0, 0.1) is 13.8 Å². The number of nitrogens with zero attached hydrogens (tertiary/aromatic N) is 1. The van der Waals surface area contributed by atoms with E-state index in [4.69, 9.17) is 0 Å². The van der Waals surface area contributed by atoms with Crippen molar-refractivity contribution < 1.29 is 9.90 Å². The summed E-state index contributed by atoms with van der Waals surface area (Å²) >= 11 is 0. The number of hydrogen-bond donors (Lipinski definition) is 3. The van der Waals surface area contributed by atoms with Crippen molar-refractivity contribution >= 4 is 5.91 Å². The first-order valence-corrected chi connectivity index (χ1v) is 10.7. The second-order valence-electron chi connectivity index (χ2n) is 7.90. The SMILES string of the molecule is Cc1cnc(CNCc2ccc(CNC(=O)CCc3ccccc3)cc2CO)c(C)c1. The molecular formula is C26H31N3O2. The monoisotopic (exact) mass is 417 g/mol. The molecule has 162 valence electrons. The van der Waals surface area contributed by atoms with Gasteiger partial charge in [-0.05, 0) is 53.6 Å². The Balaban J connectivity index is 1.49. The van der Waals surface area contributed by atoms with E-state index in [-0.39, 0.29) is 12.5 Å². The largest absolute Gasteiger partial charge is 0.392 e. The van der Waals surface area contributed by atoms with E-state index in [1.165, 1.54) is 5.56 Å². The number of aryl methyl sites for hydroxylation is 3. The standard InChI is InChI=1S/C26H31N3O2/c1-19-12-20(2)25(28-14-19)17-27-16-23-10-8-22(13-24(23)18-30)15-29-26(31)11-9-21-6-4-3-5-7-21/h3-8,10,12-14,27,30H,9,11,15-18H2,1-2H3,(H,29,31). The molecular weight excluding hydrogens is 386 g/mol. The zero-order valence-corrected chi connectivity index (χ0v) is 18.3. The first kappa shape index (κ1) is 22.7. The highest BCUT2D eigenvalue weighted by atomic mass is 16.3. The summed E-state index contributed by atoms with van der Waals surface area (Å²) in [5, 5.41) is 16.2. The molecule has 1 heterocycles. The molecule has 0 fully saturated rings. The molecule has 5 heteroatoms. The van der Waals surface area contributed by atoms with Crippen LogP contribution in [0.3, 0.4) is 0 Å². The van der Waals surface area contributed by atoms with E-state index in [9.17, 15) is 9.90 Å². The van der Waals surface area contributed by atoms with Crippen LogP contribution in [0.4, 0.5) is 0 Å². The predicted octanol–water partition coefficient (Wildman–Crippen LogP) is 3.73. The van der Waals surface area contributed by atoms with Crippen LogP contribution in [0.2, 0.25) is 0 Å². The quantitative estimate of drug-likeness (QED) is 0.470. The van der Waals surface area contributed by atoms with Crippen LogP contribution in [-0.2, 0) is 37.5 Å². The van der Waals surface area contributed by atoms with E-state index in [0.717, 1.165) is 39.9 Å². The molecule has 1 amide bonds. The summed E-state index contributed by atoms with van der Waals surface area (Å²) in [5.74, 6) is 0.0288. The number of rotatable bonds is 10. The Morgan fingerprint density at radius 1 is 0.935 bits per heavy atom. The zero-order chi connectivity index (χ0) is 22.1. The summed E-state index contributed by atoms with van der Waals surface area (Å²) in [4.78, 5) is 16.6. The van der Waals surface area contributed by atoms with Gasteiger partial charge in [-0.2, -0.15) is 0 Å². The summed E-state index contributed by atoms with van der Waals surface area (Å²) in [6.07, 6.45) is 3.08. The lowest BCUT2D eigenvalue weighted by atomic mass is 10.0. The van der Waals surface area contributed by atoms with Gasteiger partial charge in [0.15, 0.2) is 0 Å². The molecule has 3 N–H and O–H groups in total. The number of carbonyl (C=O) groups is 1. The average molecular weight is 418 g/mol. The van der Waals surface area contributed by atoms with Crippen LogP contribution in [-0.4, -0.2) is 16.0 Å². The molecule has 0 radical (unpaired) electrons. The van der Waals surface area contributed by atoms with Crippen molar-refractivity contribution in [3.8, 4) is 0 Å². The molecule has 0 atom stereocenters. The Morgan fingerprint density at radius 2 is 1.74 bits per heavy atom. The van der Waals surface area contributed by atoms with Crippen LogP contribution in [0.1, 0.15) is 45.5 Å². The number of carbonyl (C=O) groups excluding carboxylic acids is 1. The number of aliphatic hydroxyl groups excluding tert-OH is 1.